The molecule has 2 heterocycles. The van der Waals surface area contributed by atoms with E-state index in [0.29, 0.717) is 18.7 Å². The molecule has 0 aliphatic carbocycles. The topological polar surface area (TPSA) is 106 Å². The summed E-state index contributed by atoms with van der Waals surface area (Å²) < 4.78 is 7.14. The molecule has 8 heteroatoms. The number of methoxy groups -OCH3 is 1. The Morgan fingerprint density at radius 1 is 1.55 bits per heavy atom. The van der Waals surface area contributed by atoms with Gasteiger partial charge in [-0.3, -0.25) is 4.68 Å². The van der Waals surface area contributed by atoms with E-state index in [1.807, 2.05) is 7.05 Å². The SMILES string of the molecule is CO[C@@H]1CCN(c2c(N)cnn2C)CC[C@H]1NC(=O)O. The molecule has 1 aliphatic rings. The minimum atomic E-state index is -1.02. The number of hydrogen-bond acceptors (Lipinski definition) is 5. The Balaban J connectivity index is 2.12. The van der Waals surface area contributed by atoms with Crippen molar-refractivity contribution in [1.29, 1.82) is 0 Å². The molecule has 0 radical (unpaired) electrons. The highest BCUT2D eigenvalue weighted by molar-refractivity contribution is 5.65. The van der Waals surface area contributed by atoms with Crippen molar-refractivity contribution < 1.29 is 14.6 Å². The number of carboxylic acid groups (broad SMARTS) is 1. The fourth-order valence-electron chi connectivity index (χ4n) is 2.73. The molecule has 0 unspecified atom stereocenters. The van der Waals surface area contributed by atoms with Crippen LogP contribution in [0.3, 0.4) is 0 Å². The molecule has 4 N–H and O–H groups in total. The van der Waals surface area contributed by atoms with Crippen LogP contribution in [-0.4, -0.2) is 53.3 Å². The third kappa shape index (κ3) is 2.96. The van der Waals surface area contributed by atoms with E-state index in [0.717, 1.165) is 18.8 Å². The minimum Gasteiger partial charge on any atom is -0.465 e. The number of nitrogens with one attached hydrogen (secondary N) is 1. The summed E-state index contributed by atoms with van der Waals surface area (Å²) in [6.07, 6.45) is 1.86. The zero-order chi connectivity index (χ0) is 14.7. The largest absolute Gasteiger partial charge is 0.465 e. The Bertz CT molecular complexity index is 456. The van der Waals surface area contributed by atoms with Crippen molar-refractivity contribution in [2.75, 3.05) is 30.8 Å². The van der Waals surface area contributed by atoms with Gasteiger partial charge in [0.25, 0.3) is 0 Å². The molecule has 0 bridgehead atoms. The molecule has 1 aliphatic heterocycles. The van der Waals surface area contributed by atoms with Gasteiger partial charge in [0.2, 0.25) is 0 Å². The third-order valence-electron chi connectivity index (χ3n) is 3.69. The van der Waals surface area contributed by atoms with E-state index in [4.69, 9.17) is 15.6 Å². The highest BCUT2D eigenvalue weighted by atomic mass is 16.5. The fraction of sp³-hybridized carbons (Fsp3) is 0.667. The molecule has 1 aromatic rings. The minimum absolute atomic E-state index is 0.134. The van der Waals surface area contributed by atoms with Gasteiger partial charge in [-0.25, -0.2) is 4.79 Å². The van der Waals surface area contributed by atoms with Crippen molar-refractivity contribution in [1.82, 2.24) is 15.1 Å². The molecule has 0 aromatic carbocycles. The monoisotopic (exact) mass is 283 g/mol. The Morgan fingerprint density at radius 2 is 2.25 bits per heavy atom. The smallest absolute Gasteiger partial charge is 0.404 e. The third-order valence-corrected chi connectivity index (χ3v) is 3.69. The standard InChI is InChI=1S/C12H21N5O3/c1-16-11(8(13)7-14-16)17-5-3-9(15-12(18)19)10(20-2)4-6-17/h7,9-10,15H,3-6,13H2,1-2H3,(H,18,19)/t9-,10-/m1/s1. The van der Waals surface area contributed by atoms with Crippen molar-refractivity contribution in [2.24, 2.45) is 7.05 Å². The number of nitrogens with zero attached hydrogens (tertiary/aromatic N) is 3. The van der Waals surface area contributed by atoms with Crippen LogP contribution in [0.25, 0.3) is 0 Å². The van der Waals surface area contributed by atoms with E-state index in [9.17, 15) is 4.79 Å². The molecule has 1 saturated heterocycles. The Morgan fingerprint density at radius 3 is 2.80 bits per heavy atom. The molecular weight excluding hydrogens is 262 g/mol. The second-order valence-electron chi connectivity index (χ2n) is 4.94. The van der Waals surface area contributed by atoms with Gasteiger partial charge < -0.3 is 25.8 Å². The molecule has 20 heavy (non-hydrogen) atoms. The van der Waals surface area contributed by atoms with Gasteiger partial charge in [-0.05, 0) is 12.8 Å². The first-order valence-corrected chi connectivity index (χ1v) is 6.57. The van der Waals surface area contributed by atoms with Gasteiger partial charge in [-0.2, -0.15) is 5.10 Å². The van der Waals surface area contributed by atoms with Gasteiger partial charge in [0.05, 0.1) is 24.0 Å². The van der Waals surface area contributed by atoms with Crippen LogP contribution >= 0.6 is 0 Å². The molecule has 0 saturated carbocycles. The summed E-state index contributed by atoms with van der Waals surface area (Å²) in [6, 6.07) is -0.211. The molecular formula is C12H21N5O3. The van der Waals surface area contributed by atoms with Crippen LogP contribution in [0, 0.1) is 0 Å². The maximum absolute atomic E-state index is 10.8. The van der Waals surface area contributed by atoms with E-state index in [2.05, 4.69) is 15.3 Å². The molecule has 8 nitrogen and oxygen atoms in total. The zero-order valence-electron chi connectivity index (χ0n) is 11.7. The summed E-state index contributed by atoms with van der Waals surface area (Å²) in [5, 5.41) is 15.6. The summed E-state index contributed by atoms with van der Waals surface area (Å²) in [4.78, 5) is 13.0. The molecule has 1 aromatic heterocycles. The zero-order valence-corrected chi connectivity index (χ0v) is 11.7. The number of nitrogen functional groups attached to an aromatic ring is 1. The highest BCUT2D eigenvalue weighted by Crippen LogP contribution is 2.25. The molecule has 1 amide bonds. The number of aromatic nitrogens is 2. The normalized spacial score (nSPS) is 23.4. The first-order chi connectivity index (χ1) is 9.52. The Hall–Kier alpha value is -1.96. The number of rotatable bonds is 3. The van der Waals surface area contributed by atoms with Gasteiger partial charge >= 0.3 is 6.09 Å². The summed E-state index contributed by atoms with van der Waals surface area (Å²) in [5.74, 6) is 0.871. The maximum Gasteiger partial charge on any atom is 0.404 e. The van der Waals surface area contributed by atoms with Crippen molar-refractivity contribution >= 4 is 17.6 Å². The molecule has 0 spiro atoms. The number of nitrogens with two attached hydrogens (primary N) is 1. The van der Waals surface area contributed by atoms with E-state index in [1.165, 1.54) is 0 Å². The summed E-state index contributed by atoms with van der Waals surface area (Å²) in [6.45, 7) is 1.45. The first kappa shape index (κ1) is 14.4. The van der Waals surface area contributed by atoms with Crippen molar-refractivity contribution in [3.8, 4) is 0 Å². The van der Waals surface area contributed by atoms with Crippen LogP contribution in [0.4, 0.5) is 16.3 Å². The van der Waals surface area contributed by atoms with Crippen LogP contribution in [0.2, 0.25) is 0 Å². The van der Waals surface area contributed by atoms with E-state index in [-0.39, 0.29) is 12.1 Å². The quantitative estimate of drug-likeness (QED) is 0.734. The predicted octanol–water partition coefficient (Wildman–Crippen LogP) is 0.254. The Labute approximate surface area is 117 Å². The summed E-state index contributed by atoms with van der Waals surface area (Å²) >= 11 is 0. The molecule has 1 fully saturated rings. The summed E-state index contributed by atoms with van der Waals surface area (Å²) in [7, 11) is 3.45. The lowest BCUT2D eigenvalue weighted by Gasteiger charge is -2.23. The number of carbonyl (C=O) groups is 1. The average Bonchev–Trinajstić information content (AvgIpc) is 2.61. The second kappa shape index (κ2) is 6.00. The molecule has 2 atom stereocenters. The van der Waals surface area contributed by atoms with Crippen LogP contribution in [-0.2, 0) is 11.8 Å². The number of anilines is 2. The fourth-order valence-corrected chi connectivity index (χ4v) is 2.73. The average molecular weight is 283 g/mol. The molecule has 2 rings (SSSR count). The summed E-state index contributed by atoms with van der Waals surface area (Å²) in [5.41, 5.74) is 6.57. The lowest BCUT2D eigenvalue weighted by atomic mass is 10.1. The van der Waals surface area contributed by atoms with Gasteiger partial charge in [0, 0.05) is 27.2 Å². The van der Waals surface area contributed by atoms with E-state index >= 15 is 0 Å². The van der Waals surface area contributed by atoms with Crippen LogP contribution in [0.15, 0.2) is 6.20 Å². The number of aryl methyl sites for hydroxylation is 1. The van der Waals surface area contributed by atoms with E-state index in [1.54, 1.807) is 18.0 Å². The predicted molar refractivity (Wildman–Crippen MR) is 74.8 cm³/mol. The van der Waals surface area contributed by atoms with Crippen LogP contribution in [0.1, 0.15) is 12.8 Å². The lowest BCUT2D eigenvalue weighted by Crippen LogP contribution is -2.43. The number of ether oxygens (including phenoxy) is 1. The van der Waals surface area contributed by atoms with Gasteiger partial charge in [-0.15, -0.1) is 0 Å². The van der Waals surface area contributed by atoms with Crippen LogP contribution in [0.5, 0.6) is 0 Å². The van der Waals surface area contributed by atoms with Gasteiger partial charge in [0.15, 0.2) is 0 Å². The van der Waals surface area contributed by atoms with Gasteiger partial charge in [0.1, 0.15) is 5.82 Å². The van der Waals surface area contributed by atoms with Crippen LogP contribution < -0.4 is 16.0 Å². The van der Waals surface area contributed by atoms with Crippen molar-refractivity contribution in [3.05, 3.63) is 6.20 Å². The van der Waals surface area contributed by atoms with Crippen molar-refractivity contribution in [2.45, 2.75) is 25.0 Å². The number of hydrogen-bond donors (Lipinski definition) is 3. The highest BCUT2D eigenvalue weighted by Gasteiger charge is 2.29. The number of amides is 1. The van der Waals surface area contributed by atoms with Gasteiger partial charge in [-0.1, -0.05) is 0 Å². The maximum atomic E-state index is 10.8. The molecule has 112 valence electrons. The van der Waals surface area contributed by atoms with Crippen molar-refractivity contribution in [3.63, 3.8) is 0 Å². The second-order valence-corrected chi connectivity index (χ2v) is 4.94. The van der Waals surface area contributed by atoms with E-state index < -0.39 is 6.09 Å². The first-order valence-electron chi connectivity index (χ1n) is 6.57. The lowest BCUT2D eigenvalue weighted by molar-refractivity contribution is 0.0654. The Kier molecular flexibility index (Phi) is 4.33.